The van der Waals surface area contributed by atoms with Crippen LogP contribution in [0.15, 0.2) is 30.0 Å². The number of H-pyrrole nitrogens is 1. The first-order valence-corrected chi connectivity index (χ1v) is 17.5. The molecule has 24 heteroatoms. The van der Waals surface area contributed by atoms with Gasteiger partial charge in [-0.3, -0.25) is 22.9 Å². The number of fused-ring (bicyclic) bond motifs is 5. The van der Waals surface area contributed by atoms with Crippen LogP contribution in [0, 0.1) is 5.82 Å². The lowest BCUT2D eigenvalue weighted by molar-refractivity contribution is -0.0528. The quantitative estimate of drug-likeness (QED) is 0.176. The van der Waals surface area contributed by atoms with Crippen LogP contribution in [-0.2, 0) is 43.9 Å². The van der Waals surface area contributed by atoms with Gasteiger partial charge in [0.05, 0.1) is 32.0 Å². The molecule has 2 unspecified atom stereocenters. The molecule has 19 nitrogen and oxygen atoms in total. The maximum atomic E-state index is 16.0. The number of hydrogen-bond donors (Lipinski definition) is 5. The molecule has 46 heavy (non-hydrogen) atoms. The zero-order chi connectivity index (χ0) is 32.5. The van der Waals surface area contributed by atoms with E-state index in [0.717, 1.165) is 23.4 Å². The summed E-state index contributed by atoms with van der Waals surface area (Å²) in [5, 5.41) is 10.7. The van der Waals surface area contributed by atoms with E-state index in [4.69, 9.17) is 45.1 Å². The molecule has 4 aromatic rings. The van der Waals surface area contributed by atoms with E-state index in [1.54, 1.807) is 0 Å². The third-order valence-corrected chi connectivity index (χ3v) is 10.2. The number of nitrogens with one attached hydrogen (secondary N) is 1. The van der Waals surface area contributed by atoms with Crippen molar-refractivity contribution in [2.24, 2.45) is 0 Å². The maximum absolute atomic E-state index is 16.0. The molecule has 0 radical (unpaired) electrons. The Morgan fingerprint density at radius 1 is 1.04 bits per heavy atom. The highest BCUT2D eigenvalue weighted by atomic mass is 32.5. The van der Waals surface area contributed by atoms with Gasteiger partial charge in [-0.15, -0.1) is 0 Å². The van der Waals surface area contributed by atoms with Gasteiger partial charge in [0.15, 0.2) is 41.6 Å². The zero-order valence-corrected chi connectivity index (χ0v) is 25.6. The first-order valence-electron chi connectivity index (χ1n) is 13.4. The monoisotopic (exact) mass is 708 g/mol. The van der Waals surface area contributed by atoms with Gasteiger partial charge in [0, 0.05) is 12.6 Å². The lowest BCUT2D eigenvalue weighted by Crippen LogP contribution is -2.36. The molecule has 3 saturated heterocycles. The van der Waals surface area contributed by atoms with Gasteiger partial charge in [-0.25, -0.2) is 33.3 Å². The minimum atomic E-state index is -5.10. The van der Waals surface area contributed by atoms with Gasteiger partial charge in [-0.05, 0) is 11.8 Å². The van der Waals surface area contributed by atoms with Crippen molar-refractivity contribution in [1.29, 1.82) is 0 Å². The lowest BCUT2D eigenvalue weighted by Gasteiger charge is -2.27. The minimum Gasteiger partial charge on any atom is -0.387 e. The second-order valence-corrected chi connectivity index (χ2v) is 14.7. The summed E-state index contributed by atoms with van der Waals surface area (Å²) in [6.45, 7) is -5.51. The normalized spacial score (nSPS) is 37.4. The van der Waals surface area contributed by atoms with Gasteiger partial charge < -0.3 is 44.2 Å². The minimum absolute atomic E-state index is 0.0309. The fourth-order valence-electron chi connectivity index (χ4n) is 5.59. The first kappa shape index (κ1) is 31.7. The van der Waals surface area contributed by atoms with Crippen molar-refractivity contribution in [1.82, 2.24) is 34.1 Å². The molecule has 6 N–H and O–H groups in total. The summed E-state index contributed by atoms with van der Waals surface area (Å²) in [4.78, 5) is 51.9. The molecule has 0 aliphatic carbocycles. The largest absolute Gasteiger partial charge is 0.472 e. The van der Waals surface area contributed by atoms with E-state index >= 15 is 4.39 Å². The topological polar surface area (TPSA) is 253 Å². The molecule has 10 atom stereocenters. The number of rotatable bonds is 2. The Morgan fingerprint density at radius 2 is 1.83 bits per heavy atom. The van der Waals surface area contributed by atoms with Crippen LogP contribution < -0.4 is 11.3 Å². The number of anilines is 1. The van der Waals surface area contributed by atoms with Gasteiger partial charge in [0.1, 0.15) is 41.6 Å². The van der Waals surface area contributed by atoms with Crippen molar-refractivity contribution in [3.8, 4) is 0 Å². The lowest BCUT2D eigenvalue weighted by atomic mass is 10.1. The van der Waals surface area contributed by atoms with Crippen LogP contribution in [0.1, 0.15) is 18.9 Å². The Bertz CT molecular complexity index is 1970. The highest BCUT2D eigenvalue weighted by molar-refractivity contribution is 8.07. The first-order chi connectivity index (χ1) is 21.8. The maximum Gasteiger partial charge on any atom is 0.472 e. The van der Waals surface area contributed by atoms with Gasteiger partial charge in [0.2, 0.25) is 0 Å². The third kappa shape index (κ3) is 5.57. The van der Waals surface area contributed by atoms with Crippen LogP contribution in [-0.4, -0.2) is 98.9 Å². The van der Waals surface area contributed by atoms with Crippen molar-refractivity contribution in [2.75, 3.05) is 18.9 Å². The second kappa shape index (κ2) is 11.7. The number of nitrogens with zero attached hydrogens (tertiary/aromatic N) is 6. The number of nitrogens with two attached hydrogens (primary N) is 1. The number of imidazole rings is 1. The molecular formula is C22H24F2N8O11P2S. The van der Waals surface area contributed by atoms with E-state index < -0.39 is 93.7 Å². The van der Waals surface area contributed by atoms with E-state index in [1.807, 2.05) is 0 Å². The van der Waals surface area contributed by atoms with Gasteiger partial charge in [-0.2, -0.15) is 0 Å². The zero-order valence-electron chi connectivity index (χ0n) is 23.0. The Hall–Kier alpha value is -2.85. The molecule has 0 amide bonds. The average Bonchev–Trinajstić information content (AvgIpc) is 3.73. The number of alkyl halides is 1. The van der Waals surface area contributed by atoms with Gasteiger partial charge >= 0.3 is 14.5 Å². The Labute approximate surface area is 260 Å². The summed E-state index contributed by atoms with van der Waals surface area (Å²) >= 11 is 5.16. The van der Waals surface area contributed by atoms with E-state index in [0.29, 0.717) is 0 Å². The van der Waals surface area contributed by atoms with Gasteiger partial charge in [0.25, 0.3) is 5.56 Å². The number of aliphatic hydroxyl groups is 1. The van der Waals surface area contributed by atoms with Crippen LogP contribution in [0.5, 0.6) is 0 Å². The van der Waals surface area contributed by atoms with E-state index in [2.05, 4.69) is 24.9 Å². The number of halogens is 2. The second-order valence-electron chi connectivity index (χ2n) is 10.5. The summed E-state index contributed by atoms with van der Waals surface area (Å²) in [5.41, 5.74) is 5.11. The van der Waals surface area contributed by atoms with Crippen molar-refractivity contribution in [3.05, 3.63) is 41.3 Å². The van der Waals surface area contributed by atoms with E-state index in [1.165, 1.54) is 10.9 Å². The number of phosphoric acid groups is 1. The van der Waals surface area contributed by atoms with Crippen LogP contribution in [0.4, 0.5) is 14.6 Å². The molecule has 0 spiro atoms. The van der Waals surface area contributed by atoms with Crippen molar-refractivity contribution >= 4 is 54.4 Å². The highest BCUT2D eigenvalue weighted by Crippen LogP contribution is 2.53. The molecule has 248 valence electrons. The summed E-state index contributed by atoms with van der Waals surface area (Å²) in [6.07, 6.45) is -8.85. The fraction of sp³-hybridized carbons (Fsp3) is 0.500. The molecule has 7 heterocycles. The average molecular weight is 708 g/mol. The molecule has 3 aliphatic rings. The summed E-state index contributed by atoms with van der Waals surface area (Å²) in [6, 6.07) is 0. The summed E-state index contributed by atoms with van der Waals surface area (Å²) < 4.78 is 79.1. The summed E-state index contributed by atoms with van der Waals surface area (Å²) in [5.74, 6) is -0.951. The molecule has 3 fully saturated rings. The van der Waals surface area contributed by atoms with Crippen molar-refractivity contribution in [3.63, 3.8) is 0 Å². The fourth-order valence-corrected chi connectivity index (χ4v) is 8.00. The highest BCUT2D eigenvalue weighted by Gasteiger charge is 2.53. The molecule has 3 aliphatic heterocycles. The third-order valence-electron chi connectivity index (χ3n) is 7.65. The molecule has 0 saturated carbocycles. The van der Waals surface area contributed by atoms with Crippen molar-refractivity contribution in [2.45, 2.75) is 55.6 Å². The van der Waals surface area contributed by atoms with Crippen LogP contribution in [0.2, 0.25) is 0 Å². The molecule has 2 bridgehead atoms. The number of aromatic amines is 1. The molecule has 0 aromatic carbocycles. The van der Waals surface area contributed by atoms with Crippen LogP contribution >= 0.6 is 14.5 Å². The number of nitrogen functional groups attached to an aromatic ring is 1. The number of ether oxygens (including phenoxy) is 2. The number of aromatic nitrogens is 7. The van der Waals surface area contributed by atoms with Crippen LogP contribution in [0.25, 0.3) is 22.2 Å². The Morgan fingerprint density at radius 3 is 2.63 bits per heavy atom. The Balaban J connectivity index is 1.18. The molecular weight excluding hydrogens is 684 g/mol. The smallest absolute Gasteiger partial charge is 0.387 e. The predicted octanol–water partition coefficient (Wildman–Crippen LogP) is 0.304. The van der Waals surface area contributed by atoms with Crippen LogP contribution in [0.3, 0.4) is 0 Å². The molecule has 4 aromatic heterocycles. The predicted molar refractivity (Wildman–Crippen MR) is 151 cm³/mol. The number of hydrogen-bond acceptors (Lipinski definition) is 15. The van der Waals surface area contributed by atoms with E-state index in [-0.39, 0.29) is 29.0 Å². The number of phosphoric ester groups is 1. The van der Waals surface area contributed by atoms with Crippen molar-refractivity contribution < 1.29 is 55.8 Å². The van der Waals surface area contributed by atoms with Gasteiger partial charge in [-0.1, -0.05) is 0 Å². The standard InChI is InChI=1S/C22H24F2N8O11P2S/c23-8-3-31(18-11(8)20(34)29-6-27-18)22-16-14(33)10(41-22)4-39-44(35,36)42-15-9(1-2-38-45(37,46)43-16)40-21(12(15)24)32-7-30-13-17(25)26-5-28-19(13)32/h3,5-7,9-10,12,14-16,21-22,33H,1-2,4H2,(H,35,36)(H,37,46)(H2,25,26,28)(H,27,29,34)/t9-,10-,12-,14-,15-,16-,21-,22-,45?/m1/s1. The van der Waals surface area contributed by atoms with E-state index in [9.17, 15) is 28.6 Å². The molecule has 7 rings (SSSR count). The SMILES string of the molecule is Nc1ncnc2c1ncn2[C@@H]1O[C@@H]2CCOP(O)(=S)O[C@@H]3[C@H](O)[C@@H](COP(=O)(O)O[C@H]2[C@H]1F)O[C@H]3n1cc(F)c2c(=O)[nH]cnc21. The summed E-state index contributed by atoms with van der Waals surface area (Å²) in [7, 11) is -5.10. The Kier molecular flexibility index (Phi) is 8.06. The number of aliphatic hydroxyl groups excluding tert-OH is 1.